The van der Waals surface area contributed by atoms with Crippen molar-refractivity contribution in [2.75, 3.05) is 5.32 Å². The number of rotatable bonds is 3. The highest BCUT2D eigenvalue weighted by molar-refractivity contribution is 6.06. The first kappa shape index (κ1) is 17.6. The molecular formula is C18H11F3N6O. The smallest absolute Gasteiger partial charge is 0.305 e. The lowest BCUT2D eigenvalue weighted by atomic mass is 10.1. The van der Waals surface area contributed by atoms with E-state index in [0.29, 0.717) is 0 Å². The van der Waals surface area contributed by atoms with Crippen molar-refractivity contribution in [3.8, 4) is 11.3 Å². The molecule has 1 N–H and O–H groups in total. The van der Waals surface area contributed by atoms with Gasteiger partial charge < -0.3 is 9.72 Å². The number of hydrogen-bond donors (Lipinski definition) is 1. The van der Waals surface area contributed by atoms with Gasteiger partial charge in [0, 0.05) is 30.4 Å². The molecule has 0 fully saturated rings. The monoisotopic (exact) mass is 384 g/mol. The summed E-state index contributed by atoms with van der Waals surface area (Å²) < 4.78 is 41.4. The SMILES string of the molecule is O=C(Nc1ccncn1)c1nccn2cc(-c3ccccc3C(F)(F)F)nc12. The van der Waals surface area contributed by atoms with Gasteiger partial charge in [-0.2, -0.15) is 13.2 Å². The maximum Gasteiger partial charge on any atom is 0.417 e. The molecule has 1 amide bonds. The Morgan fingerprint density at radius 2 is 1.89 bits per heavy atom. The Kier molecular flexibility index (Phi) is 4.22. The van der Waals surface area contributed by atoms with E-state index in [9.17, 15) is 18.0 Å². The van der Waals surface area contributed by atoms with Gasteiger partial charge in [-0.15, -0.1) is 0 Å². The maximum absolute atomic E-state index is 13.3. The molecule has 28 heavy (non-hydrogen) atoms. The largest absolute Gasteiger partial charge is 0.417 e. The fourth-order valence-electron chi connectivity index (χ4n) is 2.70. The number of aromatic nitrogens is 5. The molecule has 140 valence electrons. The summed E-state index contributed by atoms with van der Waals surface area (Å²) >= 11 is 0. The molecule has 3 heterocycles. The van der Waals surface area contributed by atoms with Crippen molar-refractivity contribution in [1.29, 1.82) is 0 Å². The highest BCUT2D eigenvalue weighted by Gasteiger charge is 2.34. The quantitative estimate of drug-likeness (QED) is 0.585. The van der Waals surface area contributed by atoms with E-state index >= 15 is 0 Å². The molecule has 0 saturated carbocycles. The average Bonchev–Trinajstić information content (AvgIpc) is 3.12. The number of halogens is 3. The second-order valence-electron chi connectivity index (χ2n) is 5.72. The molecular weight excluding hydrogens is 373 g/mol. The van der Waals surface area contributed by atoms with Crippen molar-refractivity contribution >= 4 is 17.4 Å². The van der Waals surface area contributed by atoms with Crippen molar-refractivity contribution in [3.05, 3.63) is 72.7 Å². The minimum atomic E-state index is -4.53. The molecule has 4 aromatic rings. The van der Waals surface area contributed by atoms with Crippen LogP contribution in [0.5, 0.6) is 0 Å². The average molecular weight is 384 g/mol. The lowest BCUT2D eigenvalue weighted by Gasteiger charge is -2.10. The minimum Gasteiger partial charge on any atom is -0.305 e. The summed E-state index contributed by atoms with van der Waals surface area (Å²) in [5, 5.41) is 2.55. The summed E-state index contributed by atoms with van der Waals surface area (Å²) in [6, 6.07) is 6.62. The number of anilines is 1. The highest BCUT2D eigenvalue weighted by Crippen LogP contribution is 2.36. The van der Waals surface area contributed by atoms with Crippen molar-refractivity contribution < 1.29 is 18.0 Å². The van der Waals surface area contributed by atoms with E-state index in [1.807, 2.05) is 0 Å². The molecule has 0 unspecified atom stereocenters. The molecule has 0 aliphatic carbocycles. The molecule has 1 aromatic carbocycles. The summed E-state index contributed by atoms with van der Waals surface area (Å²) in [4.78, 5) is 28.4. The van der Waals surface area contributed by atoms with Crippen LogP contribution in [0.2, 0.25) is 0 Å². The van der Waals surface area contributed by atoms with Crippen LogP contribution in [-0.2, 0) is 6.18 Å². The fraction of sp³-hybridized carbons (Fsp3) is 0.0556. The maximum atomic E-state index is 13.3. The van der Waals surface area contributed by atoms with E-state index in [4.69, 9.17) is 0 Å². The Hall–Kier alpha value is -3.82. The van der Waals surface area contributed by atoms with E-state index in [-0.39, 0.29) is 28.4 Å². The van der Waals surface area contributed by atoms with Gasteiger partial charge in [-0.3, -0.25) is 4.79 Å². The first-order valence-electron chi connectivity index (χ1n) is 8.01. The third-order valence-corrected chi connectivity index (χ3v) is 3.92. The number of benzene rings is 1. The van der Waals surface area contributed by atoms with Crippen LogP contribution in [0.15, 0.2) is 61.4 Å². The van der Waals surface area contributed by atoms with Gasteiger partial charge in [0.05, 0.1) is 11.3 Å². The zero-order chi connectivity index (χ0) is 19.7. The number of alkyl halides is 3. The van der Waals surface area contributed by atoms with Crippen molar-refractivity contribution in [1.82, 2.24) is 24.3 Å². The number of imidazole rings is 1. The Bertz CT molecular complexity index is 1160. The number of fused-ring (bicyclic) bond motifs is 1. The van der Waals surface area contributed by atoms with Gasteiger partial charge in [0.25, 0.3) is 5.91 Å². The van der Waals surface area contributed by atoms with Gasteiger partial charge in [-0.25, -0.2) is 19.9 Å². The van der Waals surface area contributed by atoms with Crippen molar-refractivity contribution in [2.24, 2.45) is 0 Å². The Balaban J connectivity index is 1.78. The Morgan fingerprint density at radius 3 is 2.64 bits per heavy atom. The summed E-state index contributed by atoms with van der Waals surface area (Å²) in [6.07, 6.45) is 2.48. The lowest BCUT2D eigenvalue weighted by molar-refractivity contribution is -0.137. The first-order chi connectivity index (χ1) is 13.4. The third-order valence-electron chi connectivity index (χ3n) is 3.92. The first-order valence-corrected chi connectivity index (χ1v) is 8.01. The van der Waals surface area contributed by atoms with Gasteiger partial charge in [0.1, 0.15) is 12.1 Å². The number of carbonyl (C=O) groups is 1. The van der Waals surface area contributed by atoms with Crippen molar-refractivity contribution in [3.63, 3.8) is 0 Å². The summed E-state index contributed by atoms with van der Waals surface area (Å²) in [6.45, 7) is 0. The fourth-order valence-corrected chi connectivity index (χ4v) is 2.70. The molecule has 0 aliphatic rings. The normalized spacial score (nSPS) is 11.5. The summed E-state index contributed by atoms with van der Waals surface area (Å²) in [7, 11) is 0. The zero-order valence-corrected chi connectivity index (χ0v) is 14.1. The van der Waals surface area contributed by atoms with E-state index in [1.165, 1.54) is 59.8 Å². The van der Waals surface area contributed by atoms with E-state index < -0.39 is 17.6 Å². The van der Waals surface area contributed by atoms with Gasteiger partial charge in [-0.05, 0) is 12.1 Å². The van der Waals surface area contributed by atoms with E-state index in [2.05, 4.69) is 25.3 Å². The predicted octanol–water partition coefficient (Wildman–Crippen LogP) is 3.46. The molecule has 3 aromatic heterocycles. The van der Waals surface area contributed by atoms with Crippen LogP contribution < -0.4 is 5.32 Å². The number of nitrogens with one attached hydrogen (secondary N) is 1. The second kappa shape index (κ2) is 6.72. The molecule has 0 spiro atoms. The molecule has 0 radical (unpaired) electrons. The van der Waals surface area contributed by atoms with Gasteiger partial charge in [-0.1, -0.05) is 18.2 Å². The topological polar surface area (TPSA) is 85.1 Å². The van der Waals surface area contributed by atoms with Gasteiger partial charge >= 0.3 is 6.18 Å². The molecule has 0 saturated heterocycles. The zero-order valence-electron chi connectivity index (χ0n) is 14.1. The van der Waals surface area contributed by atoms with Crippen molar-refractivity contribution in [2.45, 2.75) is 6.18 Å². The highest BCUT2D eigenvalue weighted by atomic mass is 19.4. The van der Waals surface area contributed by atoms with Gasteiger partial charge in [0.2, 0.25) is 0 Å². The second-order valence-corrected chi connectivity index (χ2v) is 5.72. The Labute approximate surface area is 155 Å². The van der Waals surface area contributed by atoms with Crippen LogP contribution >= 0.6 is 0 Å². The molecule has 0 aliphatic heterocycles. The van der Waals surface area contributed by atoms with Crippen LogP contribution in [0.4, 0.5) is 19.0 Å². The van der Waals surface area contributed by atoms with E-state index in [1.54, 1.807) is 0 Å². The van der Waals surface area contributed by atoms with Crippen LogP contribution in [0, 0.1) is 0 Å². The number of hydrogen-bond acceptors (Lipinski definition) is 5. The summed E-state index contributed by atoms with van der Waals surface area (Å²) in [5.41, 5.74) is -0.728. The van der Waals surface area contributed by atoms with Crippen LogP contribution in [0.25, 0.3) is 16.9 Å². The minimum absolute atomic E-state index is 0.0446. The van der Waals surface area contributed by atoms with Crippen LogP contribution in [0.1, 0.15) is 16.1 Å². The number of carbonyl (C=O) groups excluding carboxylic acids is 1. The lowest BCUT2D eigenvalue weighted by Crippen LogP contribution is -2.16. The predicted molar refractivity (Wildman–Crippen MR) is 93.4 cm³/mol. The molecule has 4 rings (SSSR count). The van der Waals surface area contributed by atoms with Crippen LogP contribution in [-0.4, -0.2) is 30.2 Å². The molecule has 0 bridgehead atoms. The summed E-state index contributed by atoms with van der Waals surface area (Å²) in [5.74, 6) is -0.330. The molecule has 7 nitrogen and oxygen atoms in total. The van der Waals surface area contributed by atoms with Crippen LogP contribution in [0.3, 0.4) is 0 Å². The number of amides is 1. The number of nitrogens with zero attached hydrogens (tertiary/aromatic N) is 5. The standard InChI is InChI=1S/C18H11F3N6O/c19-18(20,21)12-4-2-1-3-11(12)13-9-27-8-7-23-15(16(27)25-13)17(28)26-14-5-6-22-10-24-14/h1-10H,(H,22,24,26,28). The van der Waals surface area contributed by atoms with E-state index in [0.717, 1.165) is 6.07 Å². The molecule has 10 heteroatoms. The Morgan fingerprint density at radius 1 is 1.07 bits per heavy atom. The third kappa shape index (κ3) is 3.27. The van der Waals surface area contributed by atoms with Gasteiger partial charge in [0.15, 0.2) is 11.3 Å². The molecule has 0 atom stereocenters.